The van der Waals surface area contributed by atoms with Crippen LogP contribution in [0.15, 0.2) is 71.8 Å². The van der Waals surface area contributed by atoms with E-state index in [4.69, 9.17) is 25.8 Å². The van der Waals surface area contributed by atoms with Gasteiger partial charge in [-0.15, -0.1) is 0 Å². The number of hydrazone groups is 1. The zero-order valence-electron chi connectivity index (χ0n) is 17.5. The maximum absolute atomic E-state index is 12.4. The molecule has 0 aliphatic carbocycles. The number of methoxy groups -OCH3 is 1. The number of nitrogens with zero attached hydrogens (tertiary/aromatic N) is 1. The minimum absolute atomic E-state index is 0.226. The van der Waals surface area contributed by atoms with E-state index in [2.05, 4.69) is 10.5 Å². The van der Waals surface area contributed by atoms with Gasteiger partial charge in [-0.2, -0.15) is 5.10 Å². The molecular formula is C24H21ClN2O5. The number of ether oxygens (including phenoxy) is 3. The Balaban J connectivity index is 1.69. The molecule has 0 fully saturated rings. The van der Waals surface area contributed by atoms with Crippen LogP contribution in [0.1, 0.15) is 33.2 Å². The van der Waals surface area contributed by atoms with E-state index in [1.807, 2.05) is 6.92 Å². The summed E-state index contributed by atoms with van der Waals surface area (Å²) in [5.41, 5.74) is 3.72. The van der Waals surface area contributed by atoms with Crippen molar-refractivity contribution in [2.45, 2.75) is 6.92 Å². The Morgan fingerprint density at radius 3 is 2.41 bits per heavy atom. The molecule has 0 unspecified atom stereocenters. The number of halogens is 1. The Morgan fingerprint density at radius 1 is 0.969 bits per heavy atom. The number of rotatable bonds is 8. The molecule has 164 valence electrons. The Bertz CT molecular complexity index is 1150. The number of para-hydroxylation sites is 1. The molecule has 32 heavy (non-hydrogen) atoms. The highest BCUT2D eigenvalue weighted by atomic mass is 35.5. The zero-order valence-corrected chi connectivity index (χ0v) is 18.3. The highest BCUT2D eigenvalue weighted by Crippen LogP contribution is 2.29. The maximum atomic E-state index is 12.4. The van der Waals surface area contributed by atoms with Crippen molar-refractivity contribution in [2.75, 3.05) is 13.7 Å². The van der Waals surface area contributed by atoms with Crippen molar-refractivity contribution in [3.05, 3.63) is 88.4 Å². The second kappa shape index (κ2) is 11.0. The van der Waals surface area contributed by atoms with Crippen LogP contribution in [0.25, 0.3) is 0 Å². The molecule has 3 aromatic rings. The summed E-state index contributed by atoms with van der Waals surface area (Å²) in [6, 6.07) is 18.4. The first-order valence-corrected chi connectivity index (χ1v) is 10.1. The summed E-state index contributed by atoms with van der Waals surface area (Å²) in [6.07, 6.45) is 1.45. The van der Waals surface area contributed by atoms with E-state index < -0.39 is 11.9 Å². The molecule has 0 aliphatic rings. The van der Waals surface area contributed by atoms with Crippen LogP contribution in [-0.4, -0.2) is 31.8 Å². The number of hydrogen-bond donors (Lipinski definition) is 1. The fourth-order valence-corrected chi connectivity index (χ4v) is 3.00. The third-order valence-electron chi connectivity index (χ3n) is 4.30. The lowest BCUT2D eigenvalue weighted by Crippen LogP contribution is -2.18. The van der Waals surface area contributed by atoms with Gasteiger partial charge in [0, 0.05) is 0 Å². The van der Waals surface area contributed by atoms with Gasteiger partial charge in [0.1, 0.15) is 5.75 Å². The van der Waals surface area contributed by atoms with Crippen molar-refractivity contribution in [1.82, 2.24) is 5.43 Å². The van der Waals surface area contributed by atoms with Gasteiger partial charge in [0.2, 0.25) is 0 Å². The van der Waals surface area contributed by atoms with E-state index in [0.717, 1.165) is 0 Å². The summed E-state index contributed by atoms with van der Waals surface area (Å²) in [7, 11) is 1.45. The average molecular weight is 453 g/mol. The minimum Gasteiger partial charge on any atom is -0.493 e. The SMILES string of the molecule is CCOc1ccccc1C(=O)NN=Cc1ccc(OC(=O)c2ccccc2Cl)c(OC)c1. The van der Waals surface area contributed by atoms with E-state index >= 15 is 0 Å². The Labute approximate surface area is 190 Å². The second-order valence-electron chi connectivity index (χ2n) is 6.41. The number of nitrogens with one attached hydrogen (secondary N) is 1. The van der Waals surface area contributed by atoms with Crippen LogP contribution in [0.2, 0.25) is 5.02 Å². The van der Waals surface area contributed by atoms with Crippen molar-refractivity contribution in [3.8, 4) is 17.2 Å². The topological polar surface area (TPSA) is 86.2 Å². The molecule has 0 aliphatic heterocycles. The average Bonchev–Trinajstić information content (AvgIpc) is 2.80. The molecule has 1 N–H and O–H groups in total. The monoisotopic (exact) mass is 452 g/mol. The number of esters is 1. The molecule has 0 heterocycles. The zero-order chi connectivity index (χ0) is 22.9. The van der Waals surface area contributed by atoms with Gasteiger partial charge >= 0.3 is 5.97 Å². The van der Waals surface area contributed by atoms with Crippen LogP contribution in [0.5, 0.6) is 17.2 Å². The van der Waals surface area contributed by atoms with E-state index in [9.17, 15) is 9.59 Å². The first-order valence-electron chi connectivity index (χ1n) is 9.73. The third kappa shape index (κ3) is 5.65. The first-order chi connectivity index (χ1) is 15.5. The Hall–Kier alpha value is -3.84. The molecule has 0 bridgehead atoms. The Kier molecular flexibility index (Phi) is 7.83. The second-order valence-corrected chi connectivity index (χ2v) is 6.82. The molecule has 0 atom stereocenters. The lowest BCUT2D eigenvalue weighted by atomic mass is 10.2. The molecule has 8 heteroatoms. The minimum atomic E-state index is -0.601. The normalized spacial score (nSPS) is 10.6. The number of carbonyl (C=O) groups excluding carboxylic acids is 2. The molecule has 0 aromatic heterocycles. The van der Waals surface area contributed by atoms with Crippen LogP contribution in [0, 0.1) is 0 Å². The quantitative estimate of drug-likeness (QED) is 0.231. The molecule has 0 saturated carbocycles. The first kappa shape index (κ1) is 22.8. The van der Waals surface area contributed by atoms with Crippen molar-refractivity contribution in [3.63, 3.8) is 0 Å². The van der Waals surface area contributed by atoms with Crippen molar-refractivity contribution in [2.24, 2.45) is 5.10 Å². The molecule has 3 aromatic carbocycles. The third-order valence-corrected chi connectivity index (χ3v) is 4.62. The predicted molar refractivity (Wildman–Crippen MR) is 122 cm³/mol. The van der Waals surface area contributed by atoms with Gasteiger partial charge < -0.3 is 14.2 Å². The van der Waals surface area contributed by atoms with Gasteiger partial charge in [-0.25, -0.2) is 10.2 Å². The van der Waals surface area contributed by atoms with Crippen LogP contribution in [-0.2, 0) is 0 Å². The van der Waals surface area contributed by atoms with Crippen molar-refractivity contribution >= 4 is 29.7 Å². The van der Waals surface area contributed by atoms with Crippen LogP contribution in [0.4, 0.5) is 0 Å². The highest BCUT2D eigenvalue weighted by Gasteiger charge is 2.15. The van der Waals surface area contributed by atoms with Gasteiger partial charge in [-0.1, -0.05) is 35.9 Å². The molecule has 1 amide bonds. The summed E-state index contributed by atoms with van der Waals surface area (Å²) in [6.45, 7) is 2.29. The standard InChI is InChI=1S/C24H21ClN2O5/c1-3-31-20-11-7-5-9-18(20)23(28)27-26-15-16-12-13-21(22(14-16)30-2)32-24(29)17-8-4-6-10-19(17)25/h4-15H,3H2,1-2H3,(H,27,28). The fraction of sp³-hybridized carbons (Fsp3) is 0.125. The summed E-state index contributed by atoms with van der Waals surface area (Å²) in [5, 5.41) is 4.28. The van der Waals surface area contributed by atoms with E-state index in [1.54, 1.807) is 66.7 Å². The summed E-state index contributed by atoms with van der Waals surface area (Å²) in [4.78, 5) is 24.8. The number of carbonyl (C=O) groups is 2. The number of amides is 1. The molecule has 0 spiro atoms. The maximum Gasteiger partial charge on any atom is 0.345 e. The van der Waals surface area contributed by atoms with E-state index in [1.165, 1.54) is 13.3 Å². The lowest BCUT2D eigenvalue weighted by molar-refractivity contribution is 0.0729. The van der Waals surface area contributed by atoms with Crippen molar-refractivity contribution < 1.29 is 23.8 Å². The van der Waals surface area contributed by atoms with Gasteiger partial charge in [0.05, 0.1) is 36.1 Å². The van der Waals surface area contributed by atoms with Gasteiger partial charge in [0.15, 0.2) is 11.5 Å². The van der Waals surface area contributed by atoms with E-state index in [0.29, 0.717) is 34.3 Å². The summed E-state index contributed by atoms with van der Waals surface area (Å²) >= 11 is 6.05. The molecule has 7 nitrogen and oxygen atoms in total. The van der Waals surface area contributed by atoms with Crippen LogP contribution < -0.4 is 19.6 Å². The fourth-order valence-electron chi connectivity index (χ4n) is 2.79. The molecular weight excluding hydrogens is 432 g/mol. The van der Waals surface area contributed by atoms with Crippen molar-refractivity contribution in [1.29, 1.82) is 0 Å². The van der Waals surface area contributed by atoms with E-state index in [-0.39, 0.29) is 11.3 Å². The van der Waals surface area contributed by atoms with Gasteiger partial charge in [-0.3, -0.25) is 4.79 Å². The largest absolute Gasteiger partial charge is 0.493 e. The van der Waals surface area contributed by atoms with Crippen LogP contribution in [0.3, 0.4) is 0 Å². The van der Waals surface area contributed by atoms with Gasteiger partial charge in [0.25, 0.3) is 5.91 Å². The predicted octanol–water partition coefficient (Wildman–Crippen LogP) is 4.73. The summed E-state index contributed by atoms with van der Waals surface area (Å²) < 4.78 is 16.2. The smallest absolute Gasteiger partial charge is 0.345 e. The number of benzene rings is 3. The summed E-state index contributed by atoms with van der Waals surface area (Å²) in [5.74, 6) is 0.0266. The van der Waals surface area contributed by atoms with Gasteiger partial charge in [-0.05, 0) is 55.0 Å². The Morgan fingerprint density at radius 2 is 1.69 bits per heavy atom. The molecule has 0 saturated heterocycles. The lowest BCUT2D eigenvalue weighted by Gasteiger charge is -2.10. The highest BCUT2D eigenvalue weighted by molar-refractivity contribution is 6.33. The van der Waals surface area contributed by atoms with Crippen LogP contribution >= 0.6 is 11.6 Å². The molecule has 3 rings (SSSR count). The number of hydrogen-bond acceptors (Lipinski definition) is 6. The molecule has 0 radical (unpaired) electrons.